The monoisotopic (exact) mass is 228 g/mol. The topological polar surface area (TPSA) is 75.4 Å². The lowest BCUT2D eigenvalue weighted by atomic mass is 9.87. The van der Waals surface area contributed by atoms with Crippen LogP contribution < -0.4 is 11.1 Å². The van der Waals surface area contributed by atoms with Crippen LogP contribution in [0.25, 0.3) is 0 Å². The zero-order valence-electron chi connectivity index (χ0n) is 10.3. The maximum atomic E-state index is 11.7. The summed E-state index contributed by atoms with van der Waals surface area (Å²) in [5.74, 6) is 0.0448. The Kier molecular flexibility index (Phi) is 4.74. The summed E-state index contributed by atoms with van der Waals surface area (Å²) < 4.78 is 0. The van der Waals surface area contributed by atoms with Crippen LogP contribution in [0, 0.1) is 11.3 Å². The highest BCUT2D eigenvalue weighted by Crippen LogP contribution is 2.36. The molecule has 1 atom stereocenters. The fourth-order valence-corrected chi connectivity index (χ4v) is 2.21. The first-order chi connectivity index (χ1) is 7.51. The van der Waals surface area contributed by atoms with Gasteiger partial charge in [0.25, 0.3) is 0 Å². The molecule has 1 fully saturated rings. The van der Waals surface area contributed by atoms with E-state index >= 15 is 0 Å². The molecule has 0 aliphatic heterocycles. The predicted molar refractivity (Wildman–Crippen MR) is 63.8 cm³/mol. The van der Waals surface area contributed by atoms with E-state index in [1.807, 2.05) is 13.8 Å². The molecule has 1 rings (SSSR count). The first-order valence-electron chi connectivity index (χ1n) is 6.15. The van der Waals surface area contributed by atoms with Gasteiger partial charge in [0.05, 0.1) is 12.6 Å². The Morgan fingerprint density at radius 3 is 2.44 bits per heavy atom. The SMILES string of the molecule is CC(C)[C@@H](N)C(=O)NCC1(CO)CCCC1. The summed E-state index contributed by atoms with van der Waals surface area (Å²) in [5.41, 5.74) is 5.66. The minimum Gasteiger partial charge on any atom is -0.396 e. The van der Waals surface area contributed by atoms with E-state index in [2.05, 4.69) is 5.32 Å². The number of nitrogens with one attached hydrogen (secondary N) is 1. The summed E-state index contributed by atoms with van der Waals surface area (Å²) in [7, 11) is 0. The normalized spacial score (nSPS) is 21.1. The summed E-state index contributed by atoms with van der Waals surface area (Å²) in [6, 6.07) is -0.447. The van der Waals surface area contributed by atoms with E-state index in [1.54, 1.807) is 0 Å². The van der Waals surface area contributed by atoms with Crippen LogP contribution in [0.2, 0.25) is 0 Å². The van der Waals surface area contributed by atoms with Crippen molar-refractivity contribution in [3.63, 3.8) is 0 Å². The Morgan fingerprint density at radius 1 is 1.44 bits per heavy atom. The molecule has 4 heteroatoms. The van der Waals surface area contributed by atoms with E-state index in [9.17, 15) is 9.90 Å². The summed E-state index contributed by atoms with van der Waals surface area (Å²) in [6.07, 6.45) is 4.29. The molecule has 1 aliphatic carbocycles. The third-order valence-electron chi connectivity index (χ3n) is 3.66. The van der Waals surface area contributed by atoms with Gasteiger partial charge < -0.3 is 16.2 Å². The van der Waals surface area contributed by atoms with Crippen LogP contribution in [-0.4, -0.2) is 30.2 Å². The largest absolute Gasteiger partial charge is 0.396 e. The molecule has 0 heterocycles. The van der Waals surface area contributed by atoms with Crippen molar-refractivity contribution >= 4 is 5.91 Å². The number of hydrogen-bond donors (Lipinski definition) is 3. The molecule has 1 aliphatic rings. The molecule has 16 heavy (non-hydrogen) atoms. The smallest absolute Gasteiger partial charge is 0.237 e. The van der Waals surface area contributed by atoms with Crippen molar-refractivity contribution < 1.29 is 9.90 Å². The summed E-state index contributed by atoms with van der Waals surface area (Å²) in [4.78, 5) is 11.7. The van der Waals surface area contributed by atoms with Crippen LogP contribution in [0.15, 0.2) is 0 Å². The number of carbonyl (C=O) groups is 1. The van der Waals surface area contributed by atoms with Gasteiger partial charge in [-0.3, -0.25) is 4.79 Å². The van der Waals surface area contributed by atoms with Crippen molar-refractivity contribution in [3.05, 3.63) is 0 Å². The van der Waals surface area contributed by atoms with E-state index in [0.29, 0.717) is 6.54 Å². The van der Waals surface area contributed by atoms with Crippen molar-refractivity contribution in [3.8, 4) is 0 Å². The molecule has 0 aromatic heterocycles. The Hall–Kier alpha value is -0.610. The Labute approximate surface area is 97.6 Å². The van der Waals surface area contributed by atoms with E-state index in [1.165, 1.54) is 0 Å². The second-order valence-electron chi connectivity index (χ2n) is 5.35. The predicted octanol–water partition coefficient (Wildman–Crippen LogP) is 0.639. The molecule has 0 radical (unpaired) electrons. The maximum absolute atomic E-state index is 11.7. The average Bonchev–Trinajstić information content (AvgIpc) is 2.74. The zero-order chi connectivity index (χ0) is 12.2. The fourth-order valence-electron chi connectivity index (χ4n) is 2.21. The van der Waals surface area contributed by atoms with Crippen LogP contribution in [0.5, 0.6) is 0 Å². The third kappa shape index (κ3) is 3.19. The molecule has 1 amide bonds. The second kappa shape index (κ2) is 5.64. The highest BCUT2D eigenvalue weighted by Gasteiger charge is 2.34. The lowest BCUT2D eigenvalue weighted by molar-refractivity contribution is -0.123. The quantitative estimate of drug-likeness (QED) is 0.646. The van der Waals surface area contributed by atoms with E-state index in [-0.39, 0.29) is 23.8 Å². The first-order valence-corrected chi connectivity index (χ1v) is 6.15. The number of nitrogens with two attached hydrogens (primary N) is 1. The number of amides is 1. The molecule has 4 N–H and O–H groups in total. The number of aliphatic hydroxyl groups is 1. The minimum atomic E-state index is -0.447. The molecule has 4 nitrogen and oxygen atoms in total. The van der Waals surface area contributed by atoms with Crippen molar-refractivity contribution in [2.45, 2.75) is 45.6 Å². The van der Waals surface area contributed by atoms with Crippen molar-refractivity contribution in [2.75, 3.05) is 13.2 Å². The summed E-state index contributed by atoms with van der Waals surface area (Å²) >= 11 is 0. The molecule has 0 aromatic rings. The number of carbonyl (C=O) groups excluding carboxylic acids is 1. The van der Waals surface area contributed by atoms with Gasteiger partial charge in [-0.25, -0.2) is 0 Å². The lowest BCUT2D eigenvalue weighted by Gasteiger charge is -2.27. The highest BCUT2D eigenvalue weighted by atomic mass is 16.3. The Balaban J connectivity index is 2.41. The molecule has 0 saturated heterocycles. The summed E-state index contributed by atoms with van der Waals surface area (Å²) in [6.45, 7) is 4.58. The van der Waals surface area contributed by atoms with Crippen LogP contribution in [0.4, 0.5) is 0 Å². The van der Waals surface area contributed by atoms with Crippen LogP contribution in [0.1, 0.15) is 39.5 Å². The van der Waals surface area contributed by atoms with Gasteiger partial charge in [-0.05, 0) is 18.8 Å². The van der Waals surface area contributed by atoms with Gasteiger partial charge in [0.2, 0.25) is 5.91 Å². The van der Waals surface area contributed by atoms with Gasteiger partial charge in [0.15, 0.2) is 0 Å². The van der Waals surface area contributed by atoms with Gasteiger partial charge in [-0.2, -0.15) is 0 Å². The Bertz CT molecular complexity index is 235. The van der Waals surface area contributed by atoms with Crippen LogP contribution in [0.3, 0.4) is 0 Å². The van der Waals surface area contributed by atoms with Gasteiger partial charge in [-0.15, -0.1) is 0 Å². The van der Waals surface area contributed by atoms with Gasteiger partial charge in [0.1, 0.15) is 0 Å². The Morgan fingerprint density at radius 2 is 2.00 bits per heavy atom. The van der Waals surface area contributed by atoms with Crippen molar-refractivity contribution in [1.82, 2.24) is 5.32 Å². The third-order valence-corrected chi connectivity index (χ3v) is 3.66. The number of hydrogen-bond acceptors (Lipinski definition) is 3. The van der Waals surface area contributed by atoms with Crippen LogP contribution in [-0.2, 0) is 4.79 Å². The molecule has 0 spiro atoms. The zero-order valence-corrected chi connectivity index (χ0v) is 10.3. The number of aliphatic hydroxyl groups excluding tert-OH is 1. The standard InChI is InChI=1S/C12H24N2O2/c1-9(2)10(13)11(16)14-7-12(8-15)5-3-4-6-12/h9-10,15H,3-8,13H2,1-2H3,(H,14,16)/t10-/m1/s1. The molecule has 94 valence electrons. The van der Waals surface area contributed by atoms with E-state index < -0.39 is 6.04 Å². The van der Waals surface area contributed by atoms with Gasteiger partial charge in [-0.1, -0.05) is 26.7 Å². The molecule has 1 saturated carbocycles. The maximum Gasteiger partial charge on any atom is 0.237 e. The van der Waals surface area contributed by atoms with Gasteiger partial charge in [0, 0.05) is 12.0 Å². The van der Waals surface area contributed by atoms with E-state index in [0.717, 1.165) is 25.7 Å². The minimum absolute atomic E-state index is 0.0909. The summed E-state index contributed by atoms with van der Waals surface area (Å²) in [5, 5.41) is 12.3. The number of rotatable bonds is 5. The molecule has 0 bridgehead atoms. The van der Waals surface area contributed by atoms with Crippen LogP contribution >= 0.6 is 0 Å². The van der Waals surface area contributed by atoms with Crippen molar-refractivity contribution in [2.24, 2.45) is 17.1 Å². The first kappa shape index (κ1) is 13.5. The van der Waals surface area contributed by atoms with E-state index in [4.69, 9.17) is 5.73 Å². The molecular weight excluding hydrogens is 204 g/mol. The molecule has 0 unspecified atom stereocenters. The molecule has 0 aromatic carbocycles. The van der Waals surface area contributed by atoms with Gasteiger partial charge >= 0.3 is 0 Å². The lowest BCUT2D eigenvalue weighted by Crippen LogP contribution is -2.47. The van der Waals surface area contributed by atoms with Crippen molar-refractivity contribution in [1.29, 1.82) is 0 Å². The average molecular weight is 228 g/mol. The fraction of sp³-hybridized carbons (Fsp3) is 0.917. The second-order valence-corrected chi connectivity index (χ2v) is 5.35. The highest BCUT2D eigenvalue weighted by molar-refractivity contribution is 5.81. The molecular formula is C12H24N2O2.